The van der Waals surface area contributed by atoms with Gasteiger partial charge in [0.2, 0.25) is 10.0 Å². The summed E-state index contributed by atoms with van der Waals surface area (Å²) in [4.78, 5) is 10.3. The van der Waals surface area contributed by atoms with Crippen molar-refractivity contribution in [2.45, 2.75) is 13.8 Å². The number of nitriles is 1. The highest BCUT2D eigenvalue weighted by Crippen LogP contribution is 2.29. The third-order valence-corrected chi connectivity index (χ3v) is 3.68. The number of hydrogen-bond donors (Lipinski definition) is 1. The molecule has 21 heavy (non-hydrogen) atoms. The van der Waals surface area contributed by atoms with Gasteiger partial charge in [-0.3, -0.25) is 10.1 Å². The van der Waals surface area contributed by atoms with Crippen LogP contribution in [-0.4, -0.2) is 25.7 Å². The summed E-state index contributed by atoms with van der Waals surface area (Å²) in [6, 6.07) is 5.59. The fourth-order valence-electron chi connectivity index (χ4n) is 1.71. The highest BCUT2D eigenvalue weighted by Gasteiger charge is 2.26. The fourth-order valence-corrected chi connectivity index (χ4v) is 2.88. The van der Waals surface area contributed by atoms with Crippen molar-refractivity contribution >= 4 is 15.7 Å². The lowest BCUT2D eigenvalue weighted by atomic mass is 9.98. The van der Waals surface area contributed by atoms with E-state index in [9.17, 15) is 18.5 Å². The zero-order valence-electron chi connectivity index (χ0n) is 11.6. The average molecular weight is 313 g/mol. The van der Waals surface area contributed by atoms with E-state index in [2.05, 4.69) is 0 Å². The summed E-state index contributed by atoms with van der Waals surface area (Å²) in [7, 11) is -3.68. The second-order valence-corrected chi connectivity index (χ2v) is 6.93. The Labute approximate surface area is 122 Å². The number of nitro benzene ring substituents is 1. The molecule has 0 amide bonds. The summed E-state index contributed by atoms with van der Waals surface area (Å²) in [5.74, 6) is -0.342. The van der Waals surface area contributed by atoms with E-state index in [4.69, 9.17) is 15.1 Å². The zero-order valence-corrected chi connectivity index (χ0v) is 12.4. The number of hydrogen-bond acceptors (Lipinski definition) is 6. The number of nitrogens with zero attached hydrogens (tertiary/aromatic N) is 2. The molecule has 1 aromatic rings. The van der Waals surface area contributed by atoms with E-state index in [1.54, 1.807) is 19.9 Å². The summed E-state index contributed by atoms with van der Waals surface area (Å²) < 4.78 is 27.5. The Morgan fingerprint density at radius 3 is 2.57 bits per heavy atom. The van der Waals surface area contributed by atoms with Crippen molar-refractivity contribution in [1.82, 2.24) is 0 Å². The molecule has 2 N–H and O–H groups in total. The van der Waals surface area contributed by atoms with Crippen LogP contribution in [0.25, 0.3) is 0 Å². The molecule has 8 nitrogen and oxygen atoms in total. The summed E-state index contributed by atoms with van der Waals surface area (Å²) in [5.41, 5.74) is -1.02. The lowest BCUT2D eigenvalue weighted by Crippen LogP contribution is -2.33. The number of nitrogens with two attached hydrogens (primary N) is 1. The monoisotopic (exact) mass is 313 g/mol. The van der Waals surface area contributed by atoms with Crippen LogP contribution in [0.2, 0.25) is 0 Å². The van der Waals surface area contributed by atoms with Crippen LogP contribution in [-0.2, 0) is 10.0 Å². The van der Waals surface area contributed by atoms with Crippen LogP contribution >= 0.6 is 0 Å². The third-order valence-electron chi connectivity index (χ3n) is 2.50. The molecule has 0 aromatic heterocycles. The van der Waals surface area contributed by atoms with E-state index in [-0.39, 0.29) is 29.4 Å². The Morgan fingerprint density at radius 1 is 1.48 bits per heavy atom. The smallest absolute Gasteiger partial charge is 0.312 e. The molecule has 0 bridgehead atoms. The number of primary sulfonamides is 1. The maximum absolute atomic E-state index is 11.1. The van der Waals surface area contributed by atoms with Crippen LogP contribution in [0.15, 0.2) is 18.2 Å². The quantitative estimate of drug-likeness (QED) is 0.618. The fraction of sp³-hybridized carbons (Fsp3) is 0.417. The topological polar surface area (TPSA) is 136 Å². The Bertz CT molecular complexity index is 691. The Morgan fingerprint density at radius 2 is 2.10 bits per heavy atom. The van der Waals surface area contributed by atoms with Crippen molar-refractivity contribution in [3.63, 3.8) is 0 Å². The second kappa shape index (κ2) is 6.07. The van der Waals surface area contributed by atoms with E-state index in [0.29, 0.717) is 0 Å². The molecule has 0 aliphatic carbocycles. The van der Waals surface area contributed by atoms with Crippen molar-refractivity contribution in [2.75, 3.05) is 12.4 Å². The lowest BCUT2D eigenvalue weighted by Gasteiger charge is -2.23. The van der Waals surface area contributed by atoms with Crippen molar-refractivity contribution in [1.29, 1.82) is 5.26 Å². The third kappa shape index (κ3) is 5.37. The van der Waals surface area contributed by atoms with Crippen molar-refractivity contribution in [2.24, 2.45) is 10.6 Å². The maximum Gasteiger partial charge on any atom is 0.312 e. The number of sulfonamides is 1. The summed E-state index contributed by atoms with van der Waals surface area (Å²) in [6.07, 6.45) is 0. The molecule has 0 unspecified atom stereocenters. The number of benzene rings is 1. The van der Waals surface area contributed by atoms with Gasteiger partial charge < -0.3 is 4.74 Å². The lowest BCUT2D eigenvalue weighted by molar-refractivity contribution is -0.386. The van der Waals surface area contributed by atoms with Gasteiger partial charge in [-0.1, -0.05) is 13.8 Å². The first-order chi connectivity index (χ1) is 9.54. The van der Waals surface area contributed by atoms with E-state index in [0.717, 1.165) is 6.07 Å². The average Bonchev–Trinajstić information content (AvgIpc) is 2.33. The number of rotatable bonds is 6. The minimum absolute atomic E-state index is 0.0264. The molecule has 0 radical (unpaired) electrons. The van der Waals surface area contributed by atoms with Crippen molar-refractivity contribution in [3.8, 4) is 11.8 Å². The predicted octanol–water partition coefficient (Wildman–Crippen LogP) is 1.16. The minimum atomic E-state index is -3.68. The van der Waals surface area contributed by atoms with Crippen molar-refractivity contribution < 1.29 is 18.1 Å². The molecule has 0 aliphatic rings. The normalized spacial score (nSPS) is 11.7. The minimum Gasteiger partial charge on any atom is -0.486 e. The van der Waals surface area contributed by atoms with Crippen LogP contribution in [0.5, 0.6) is 5.75 Å². The molecule has 1 aromatic carbocycles. The molecular formula is C12H15N3O5S. The highest BCUT2D eigenvalue weighted by molar-refractivity contribution is 7.89. The van der Waals surface area contributed by atoms with Gasteiger partial charge in [0.15, 0.2) is 5.75 Å². The Hall–Kier alpha value is -2.18. The SMILES string of the molecule is CC(C)(COc1ccc(C#N)cc1[N+](=O)[O-])CS(N)(=O)=O. The first-order valence-corrected chi connectivity index (χ1v) is 7.57. The van der Waals surface area contributed by atoms with Gasteiger partial charge in [0, 0.05) is 11.5 Å². The van der Waals surface area contributed by atoms with Gasteiger partial charge in [0.05, 0.1) is 28.9 Å². The van der Waals surface area contributed by atoms with Crippen LogP contribution < -0.4 is 9.88 Å². The molecular weight excluding hydrogens is 298 g/mol. The standard InChI is InChI=1S/C12H15N3O5S/c1-12(2,8-21(14,18)19)7-20-11-4-3-9(6-13)5-10(11)15(16)17/h3-5H,7-8H2,1-2H3,(H2,14,18,19). The maximum atomic E-state index is 11.1. The van der Waals surface area contributed by atoms with E-state index in [1.165, 1.54) is 12.1 Å². The molecule has 1 rings (SSSR count). The molecule has 114 valence electrons. The van der Waals surface area contributed by atoms with Crippen LogP contribution in [0.3, 0.4) is 0 Å². The van der Waals surface area contributed by atoms with E-state index in [1.807, 2.05) is 0 Å². The molecule has 0 saturated heterocycles. The first kappa shape index (κ1) is 16.9. The van der Waals surface area contributed by atoms with Gasteiger partial charge >= 0.3 is 5.69 Å². The van der Waals surface area contributed by atoms with Gasteiger partial charge in [-0.05, 0) is 12.1 Å². The largest absolute Gasteiger partial charge is 0.486 e. The number of nitro groups is 1. The zero-order chi connectivity index (χ0) is 16.3. The van der Waals surface area contributed by atoms with Crippen molar-refractivity contribution in [3.05, 3.63) is 33.9 Å². The molecule has 0 saturated carbocycles. The first-order valence-electron chi connectivity index (χ1n) is 5.86. The summed E-state index contributed by atoms with van der Waals surface area (Å²) in [5, 5.41) is 24.6. The van der Waals surface area contributed by atoms with Gasteiger partial charge in [-0.25, -0.2) is 13.6 Å². The molecule has 9 heteroatoms. The molecule has 0 fully saturated rings. The van der Waals surface area contributed by atoms with Gasteiger partial charge in [0.1, 0.15) is 0 Å². The predicted molar refractivity (Wildman–Crippen MR) is 75.1 cm³/mol. The molecule has 0 atom stereocenters. The molecule has 0 spiro atoms. The van der Waals surface area contributed by atoms with Gasteiger partial charge in [-0.15, -0.1) is 0 Å². The molecule has 0 heterocycles. The van der Waals surface area contributed by atoms with Gasteiger partial charge in [-0.2, -0.15) is 5.26 Å². The van der Waals surface area contributed by atoms with Crippen LogP contribution in [0.4, 0.5) is 5.69 Å². The van der Waals surface area contributed by atoms with Crippen LogP contribution in [0.1, 0.15) is 19.4 Å². The van der Waals surface area contributed by atoms with E-state index >= 15 is 0 Å². The second-order valence-electron chi connectivity index (χ2n) is 5.31. The highest BCUT2D eigenvalue weighted by atomic mass is 32.2. The van der Waals surface area contributed by atoms with Crippen LogP contribution in [0, 0.1) is 26.9 Å². The Kier molecular flexibility index (Phi) is 4.88. The van der Waals surface area contributed by atoms with E-state index < -0.39 is 20.4 Å². The Balaban J connectivity index is 2.94. The van der Waals surface area contributed by atoms with Gasteiger partial charge in [0.25, 0.3) is 0 Å². The number of ether oxygens (including phenoxy) is 1. The summed E-state index contributed by atoms with van der Waals surface area (Å²) >= 11 is 0. The summed E-state index contributed by atoms with van der Waals surface area (Å²) in [6.45, 7) is 3.16. The molecule has 0 aliphatic heterocycles.